The molecule has 3 rings (SSSR count). The third-order valence-corrected chi connectivity index (χ3v) is 5.50. The van der Waals surface area contributed by atoms with Crippen molar-refractivity contribution < 1.29 is 13.2 Å². The van der Waals surface area contributed by atoms with E-state index >= 15 is 0 Å². The predicted molar refractivity (Wildman–Crippen MR) is 97.8 cm³/mol. The summed E-state index contributed by atoms with van der Waals surface area (Å²) in [5.74, 6) is 0.593. The molecule has 0 spiro atoms. The molecule has 0 fully saturated rings. The normalized spacial score (nSPS) is 11.5. The number of rotatable bonds is 4. The van der Waals surface area contributed by atoms with Gasteiger partial charge in [-0.3, -0.25) is 9.52 Å². The molecule has 7 heteroatoms. The lowest BCUT2D eigenvalue weighted by Gasteiger charge is -2.12. The highest BCUT2D eigenvalue weighted by atomic mass is 32.2. The minimum Gasteiger partial charge on any atom is -0.497 e. The molecule has 0 amide bonds. The van der Waals surface area contributed by atoms with Crippen LogP contribution in [0.15, 0.2) is 52.2 Å². The van der Waals surface area contributed by atoms with E-state index in [1.807, 2.05) is 0 Å². The van der Waals surface area contributed by atoms with Crippen LogP contribution in [-0.4, -0.2) is 20.5 Å². The van der Waals surface area contributed by atoms with Crippen molar-refractivity contribution in [3.63, 3.8) is 0 Å². The molecule has 0 bridgehead atoms. The van der Waals surface area contributed by atoms with Gasteiger partial charge in [-0.05, 0) is 61.2 Å². The second kappa shape index (κ2) is 6.25. The Hall–Kier alpha value is -2.80. The molecule has 1 aromatic heterocycles. The fourth-order valence-electron chi connectivity index (χ4n) is 2.63. The van der Waals surface area contributed by atoms with Crippen LogP contribution in [0.4, 0.5) is 5.69 Å². The minimum absolute atomic E-state index is 0.172. The highest BCUT2D eigenvalue weighted by Gasteiger charge is 2.17. The number of hydrogen-bond donors (Lipinski definition) is 2. The van der Waals surface area contributed by atoms with Gasteiger partial charge in [0.25, 0.3) is 15.6 Å². The lowest BCUT2D eigenvalue weighted by atomic mass is 10.1. The zero-order valence-electron chi connectivity index (χ0n) is 14.1. The average molecular weight is 358 g/mol. The number of pyridine rings is 1. The van der Waals surface area contributed by atoms with E-state index in [-0.39, 0.29) is 10.5 Å². The molecule has 130 valence electrons. The maximum atomic E-state index is 12.7. The lowest BCUT2D eigenvalue weighted by Crippen LogP contribution is -2.14. The molecule has 0 aliphatic rings. The van der Waals surface area contributed by atoms with Crippen LogP contribution in [0.5, 0.6) is 5.75 Å². The van der Waals surface area contributed by atoms with Crippen molar-refractivity contribution in [2.24, 2.45) is 0 Å². The number of aryl methyl sites for hydroxylation is 2. The third kappa shape index (κ3) is 3.36. The first-order valence-corrected chi connectivity index (χ1v) is 9.09. The number of H-pyrrole nitrogens is 1. The van der Waals surface area contributed by atoms with E-state index in [2.05, 4.69) is 9.71 Å². The first-order valence-electron chi connectivity index (χ1n) is 7.61. The van der Waals surface area contributed by atoms with Crippen molar-refractivity contribution in [3.05, 3.63) is 63.9 Å². The van der Waals surface area contributed by atoms with Gasteiger partial charge in [0.2, 0.25) is 0 Å². The standard InChI is InChI=1S/C18H18N2O4S/c1-11-9-15(24-3)6-7-17(11)25(22,23)20-14-5-4-13-8-12(2)18(21)19-16(13)10-14/h4-10,20H,1-3H3,(H,19,21). The molecule has 0 atom stereocenters. The number of aromatic nitrogens is 1. The summed E-state index contributed by atoms with van der Waals surface area (Å²) in [5, 5.41) is 0.834. The fourth-order valence-corrected chi connectivity index (χ4v) is 3.91. The predicted octanol–water partition coefficient (Wildman–Crippen LogP) is 2.95. The number of fused-ring (bicyclic) bond motifs is 1. The summed E-state index contributed by atoms with van der Waals surface area (Å²) in [6, 6.07) is 11.6. The topological polar surface area (TPSA) is 88.3 Å². The Balaban J connectivity index is 1.99. The molecule has 0 saturated carbocycles. The zero-order valence-corrected chi connectivity index (χ0v) is 14.9. The summed E-state index contributed by atoms with van der Waals surface area (Å²) in [4.78, 5) is 14.7. The summed E-state index contributed by atoms with van der Waals surface area (Å²) in [6.45, 7) is 3.43. The number of aromatic amines is 1. The van der Waals surface area contributed by atoms with Gasteiger partial charge in [0.15, 0.2) is 0 Å². The van der Waals surface area contributed by atoms with E-state index in [0.29, 0.717) is 28.1 Å². The van der Waals surface area contributed by atoms with Crippen LogP contribution in [0.25, 0.3) is 10.9 Å². The Morgan fingerprint density at radius 3 is 2.44 bits per heavy atom. The number of sulfonamides is 1. The smallest absolute Gasteiger partial charge is 0.262 e. The molecule has 0 saturated heterocycles. The summed E-state index contributed by atoms with van der Waals surface area (Å²) in [5.41, 5.74) is 1.94. The second-order valence-corrected chi connectivity index (χ2v) is 7.47. The zero-order chi connectivity index (χ0) is 18.2. The van der Waals surface area contributed by atoms with Gasteiger partial charge in [0, 0.05) is 5.56 Å². The quantitative estimate of drug-likeness (QED) is 0.750. The van der Waals surface area contributed by atoms with E-state index in [1.54, 1.807) is 50.2 Å². The van der Waals surface area contributed by atoms with Gasteiger partial charge >= 0.3 is 0 Å². The van der Waals surface area contributed by atoms with Gasteiger partial charge in [-0.1, -0.05) is 6.07 Å². The van der Waals surface area contributed by atoms with E-state index < -0.39 is 10.0 Å². The molecule has 0 radical (unpaired) electrons. The number of anilines is 1. The van der Waals surface area contributed by atoms with Crippen LogP contribution in [0.2, 0.25) is 0 Å². The molecule has 0 unspecified atom stereocenters. The van der Waals surface area contributed by atoms with Crippen LogP contribution in [-0.2, 0) is 10.0 Å². The van der Waals surface area contributed by atoms with Gasteiger partial charge < -0.3 is 9.72 Å². The van der Waals surface area contributed by atoms with E-state index in [4.69, 9.17) is 4.74 Å². The van der Waals surface area contributed by atoms with Crippen molar-refractivity contribution in [1.82, 2.24) is 4.98 Å². The van der Waals surface area contributed by atoms with Crippen molar-refractivity contribution >= 4 is 26.6 Å². The molecule has 0 aliphatic heterocycles. The molecule has 25 heavy (non-hydrogen) atoms. The molecule has 1 heterocycles. The molecule has 3 aromatic rings. The van der Waals surface area contributed by atoms with Gasteiger partial charge in [-0.15, -0.1) is 0 Å². The Bertz CT molecular complexity index is 1120. The first-order chi connectivity index (χ1) is 11.8. The van der Waals surface area contributed by atoms with Crippen LogP contribution in [0, 0.1) is 13.8 Å². The van der Waals surface area contributed by atoms with Gasteiger partial charge in [-0.2, -0.15) is 0 Å². The Kier molecular flexibility index (Phi) is 4.26. The summed E-state index contributed by atoms with van der Waals surface area (Å²) in [6.07, 6.45) is 0. The minimum atomic E-state index is -3.75. The maximum Gasteiger partial charge on any atom is 0.262 e. The maximum absolute atomic E-state index is 12.7. The Morgan fingerprint density at radius 1 is 1.00 bits per heavy atom. The summed E-state index contributed by atoms with van der Waals surface area (Å²) in [7, 11) is -2.23. The van der Waals surface area contributed by atoms with Crippen molar-refractivity contribution in [3.8, 4) is 5.75 Å². The Labute approximate surface area is 145 Å². The molecule has 2 N–H and O–H groups in total. The molecule has 0 aliphatic carbocycles. The van der Waals surface area contributed by atoms with Crippen molar-refractivity contribution in [1.29, 1.82) is 0 Å². The number of hydrogen-bond acceptors (Lipinski definition) is 4. The molecule has 2 aromatic carbocycles. The highest BCUT2D eigenvalue weighted by molar-refractivity contribution is 7.92. The molecule has 6 nitrogen and oxygen atoms in total. The fraction of sp³-hybridized carbons (Fsp3) is 0.167. The Morgan fingerprint density at radius 2 is 1.76 bits per heavy atom. The third-order valence-electron chi connectivity index (χ3n) is 3.96. The molecular formula is C18H18N2O4S. The number of ether oxygens (including phenoxy) is 1. The largest absolute Gasteiger partial charge is 0.497 e. The van der Waals surface area contributed by atoms with E-state index in [1.165, 1.54) is 13.2 Å². The average Bonchev–Trinajstić information content (AvgIpc) is 2.55. The number of methoxy groups -OCH3 is 1. The summed E-state index contributed by atoms with van der Waals surface area (Å²) < 4.78 is 33.0. The van der Waals surface area contributed by atoms with Crippen molar-refractivity contribution in [2.75, 3.05) is 11.8 Å². The van der Waals surface area contributed by atoms with Crippen LogP contribution >= 0.6 is 0 Å². The second-order valence-electron chi connectivity index (χ2n) is 5.82. The monoisotopic (exact) mass is 358 g/mol. The van der Waals surface area contributed by atoms with Crippen LogP contribution in [0.3, 0.4) is 0 Å². The number of benzene rings is 2. The van der Waals surface area contributed by atoms with Gasteiger partial charge in [-0.25, -0.2) is 8.42 Å². The first kappa shape index (κ1) is 17.0. The highest BCUT2D eigenvalue weighted by Crippen LogP contribution is 2.24. The van der Waals surface area contributed by atoms with Crippen molar-refractivity contribution in [2.45, 2.75) is 18.7 Å². The van der Waals surface area contributed by atoms with Crippen LogP contribution in [0.1, 0.15) is 11.1 Å². The number of nitrogens with one attached hydrogen (secondary N) is 2. The molecular weight excluding hydrogens is 340 g/mol. The van der Waals surface area contributed by atoms with E-state index in [9.17, 15) is 13.2 Å². The summed E-state index contributed by atoms with van der Waals surface area (Å²) >= 11 is 0. The van der Waals surface area contributed by atoms with Gasteiger partial charge in [0.1, 0.15) is 5.75 Å². The van der Waals surface area contributed by atoms with Gasteiger partial charge in [0.05, 0.1) is 23.2 Å². The van der Waals surface area contributed by atoms with Crippen LogP contribution < -0.4 is 15.0 Å². The SMILES string of the molecule is COc1ccc(S(=O)(=O)Nc2ccc3cc(C)c(=O)[nH]c3c2)c(C)c1. The lowest BCUT2D eigenvalue weighted by molar-refractivity contribution is 0.414. The van der Waals surface area contributed by atoms with E-state index in [0.717, 1.165) is 5.39 Å².